The molecule has 0 aromatic carbocycles. The SMILES string of the molecule is CN1CCC(NC(=O)c2cc(N)cn2C2CC2)C1=O. The first-order chi connectivity index (χ1) is 9.06. The van der Waals surface area contributed by atoms with Crippen molar-refractivity contribution in [2.24, 2.45) is 0 Å². The first-order valence-corrected chi connectivity index (χ1v) is 6.59. The van der Waals surface area contributed by atoms with Crippen molar-refractivity contribution in [3.63, 3.8) is 0 Å². The number of nitrogen functional groups attached to an aromatic ring is 1. The van der Waals surface area contributed by atoms with Gasteiger partial charge in [0.05, 0.1) is 5.69 Å². The molecule has 102 valence electrons. The van der Waals surface area contributed by atoms with E-state index in [0.717, 1.165) is 12.8 Å². The van der Waals surface area contributed by atoms with Crippen molar-refractivity contribution in [2.45, 2.75) is 31.3 Å². The molecule has 1 aromatic rings. The molecular formula is C13H18N4O2. The van der Waals surface area contributed by atoms with E-state index < -0.39 is 6.04 Å². The van der Waals surface area contributed by atoms with Crippen LogP contribution in [0.25, 0.3) is 0 Å². The molecule has 1 aliphatic carbocycles. The average molecular weight is 262 g/mol. The van der Waals surface area contributed by atoms with Crippen molar-refractivity contribution in [3.05, 3.63) is 18.0 Å². The Kier molecular flexibility index (Phi) is 2.73. The molecule has 6 nitrogen and oxygen atoms in total. The number of nitrogens with two attached hydrogens (primary N) is 1. The largest absolute Gasteiger partial charge is 0.397 e. The van der Waals surface area contributed by atoms with E-state index in [1.807, 2.05) is 4.57 Å². The van der Waals surface area contributed by atoms with Gasteiger partial charge in [-0.15, -0.1) is 0 Å². The number of likely N-dealkylation sites (N-methyl/N-ethyl adjacent to an activating group) is 1. The fourth-order valence-corrected chi connectivity index (χ4v) is 2.53. The van der Waals surface area contributed by atoms with Crippen LogP contribution < -0.4 is 11.1 Å². The van der Waals surface area contributed by atoms with E-state index in [2.05, 4.69) is 5.32 Å². The van der Waals surface area contributed by atoms with E-state index in [9.17, 15) is 9.59 Å². The smallest absolute Gasteiger partial charge is 0.268 e. The number of likely N-dealkylation sites (tertiary alicyclic amines) is 1. The normalized spacial score (nSPS) is 22.9. The molecule has 2 aliphatic rings. The van der Waals surface area contributed by atoms with Crippen LogP contribution in [0, 0.1) is 0 Å². The summed E-state index contributed by atoms with van der Waals surface area (Å²) in [5.41, 5.74) is 6.91. The van der Waals surface area contributed by atoms with E-state index in [0.29, 0.717) is 30.4 Å². The van der Waals surface area contributed by atoms with E-state index in [-0.39, 0.29) is 11.8 Å². The maximum atomic E-state index is 12.3. The summed E-state index contributed by atoms with van der Waals surface area (Å²) in [7, 11) is 1.75. The van der Waals surface area contributed by atoms with Crippen LogP contribution in [0.15, 0.2) is 12.3 Å². The van der Waals surface area contributed by atoms with Gasteiger partial charge in [0.15, 0.2) is 0 Å². The number of nitrogens with zero attached hydrogens (tertiary/aromatic N) is 2. The monoisotopic (exact) mass is 262 g/mol. The lowest BCUT2D eigenvalue weighted by Gasteiger charge is -2.13. The third-order valence-electron chi connectivity index (χ3n) is 3.78. The second kappa shape index (κ2) is 4.29. The minimum atomic E-state index is -0.402. The van der Waals surface area contributed by atoms with Gasteiger partial charge in [0.25, 0.3) is 5.91 Å². The number of rotatable bonds is 3. The first-order valence-electron chi connectivity index (χ1n) is 6.59. The van der Waals surface area contributed by atoms with Gasteiger partial charge in [0.2, 0.25) is 5.91 Å². The van der Waals surface area contributed by atoms with Crippen molar-refractivity contribution in [1.82, 2.24) is 14.8 Å². The molecule has 1 aliphatic heterocycles. The number of hydrogen-bond donors (Lipinski definition) is 2. The van der Waals surface area contributed by atoms with Crippen LogP contribution >= 0.6 is 0 Å². The van der Waals surface area contributed by atoms with Gasteiger partial charge in [-0.3, -0.25) is 9.59 Å². The van der Waals surface area contributed by atoms with Gasteiger partial charge in [0.1, 0.15) is 11.7 Å². The maximum absolute atomic E-state index is 12.3. The lowest BCUT2D eigenvalue weighted by atomic mass is 10.2. The molecule has 3 N–H and O–H groups in total. The van der Waals surface area contributed by atoms with Crippen LogP contribution in [-0.4, -0.2) is 40.9 Å². The van der Waals surface area contributed by atoms with Crippen LogP contribution in [0.1, 0.15) is 35.8 Å². The van der Waals surface area contributed by atoms with Crippen LogP contribution in [0.2, 0.25) is 0 Å². The zero-order valence-corrected chi connectivity index (χ0v) is 10.9. The van der Waals surface area contributed by atoms with E-state index in [1.165, 1.54) is 0 Å². The zero-order valence-electron chi connectivity index (χ0n) is 10.9. The molecule has 0 bridgehead atoms. The van der Waals surface area contributed by atoms with E-state index in [1.54, 1.807) is 24.2 Å². The number of anilines is 1. The lowest BCUT2D eigenvalue weighted by Crippen LogP contribution is -2.41. The molecule has 1 unspecified atom stereocenters. The predicted octanol–water partition coefficient (Wildman–Crippen LogP) is 0.366. The highest BCUT2D eigenvalue weighted by molar-refractivity contribution is 5.97. The Morgan fingerprint density at radius 1 is 1.42 bits per heavy atom. The van der Waals surface area contributed by atoms with Gasteiger partial charge >= 0.3 is 0 Å². The fraction of sp³-hybridized carbons (Fsp3) is 0.538. The molecule has 19 heavy (non-hydrogen) atoms. The van der Waals surface area contributed by atoms with Crippen LogP contribution in [0.3, 0.4) is 0 Å². The molecule has 2 amide bonds. The Bertz CT molecular complexity index is 533. The Balaban J connectivity index is 1.75. The summed E-state index contributed by atoms with van der Waals surface area (Å²) < 4.78 is 1.92. The average Bonchev–Trinajstić information content (AvgIpc) is 3.09. The second-order valence-corrected chi connectivity index (χ2v) is 5.37. The first kappa shape index (κ1) is 12.1. The summed E-state index contributed by atoms with van der Waals surface area (Å²) in [6, 6.07) is 1.66. The van der Waals surface area contributed by atoms with E-state index >= 15 is 0 Å². The van der Waals surface area contributed by atoms with Crippen molar-refractivity contribution in [2.75, 3.05) is 19.3 Å². The zero-order chi connectivity index (χ0) is 13.6. The van der Waals surface area contributed by atoms with E-state index in [4.69, 9.17) is 5.73 Å². The molecule has 1 saturated heterocycles. The van der Waals surface area contributed by atoms with Gasteiger partial charge in [-0.05, 0) is 25.3 Å². The number of hydrogen-bond acceptors (Lipinski definition) is 3. The second-order valence-electron chi connectivity index (χ2n) is 5.37. The Morgan fingerprint density at radius 2 is 2.16 bits per heavy atom. The summed E-state index contributed by atoms with van der Waals surface area (Å²) in [4.78, 5) is 25.7. The number of carbonyl (C=O) groups is 2. The van der Waals surface area contributed by atoms with Crippen molar-refractivity contribution >= 4 is 17.5 Å². The topological polar surface area (TPSA) is 80.4 Å². The van der Waals surface area contributed by atoms with Crippen molar-refractivity contribution in [3.8, 4) is 0 Å². The molecular weight excluding hydrogens is 244 g/mol. The number of carbonyl (C=O) groups excluding carboxylic acids is 2. The Hall–Kier alpha value is -1.98. The molecule has 1 atom stereocenters. The summed E-state index contributed by atoms with van der Waals surface area (Å²) in [5, 5.41) is 2.81. The van der Waals surface area contributed by atoms with Gasteiger partial charge in [0, 0.05) is 25.8 Å². The molecule has 0 spiro atoms. The summed E-state index contributed by atoms with van der Waals surface area (Å²) in [6.45, 7) is 0.690. The molecule has 1 saturated carbocycles. The molecule has 1 aromatic heterocycles. The van der Waals surface area contributed by atoms with Gasteiger partial charge in [-0.1, -0.05) is 0 Å². The van der Waals surface area contributed by atoms with Crippen LogP contribution in [0.4, 0.5) is 5.69 Å². The fourth-order valence-electron chi connectivity index (χ4n) is 2.53. The summed E-state index contributed by atoms with van der Waals surface area (Å²) in [5.74, 6) is -0.233. The van der Waals surface area contributed by atoms with Gasteiger partial charge < -0.3 is 20.5 Å². The molecule has 6 heteroatoms. The Morgan fingerprint density at radius 3 is 2.74 bits per heavy atom. The highest BCUT2D eigenvalue weighted by Gasteiger charge is 2.32. The highest BCUT2D eigenvalue weighted by atomic mass is 16.2. The Labute approximate surface area is 111 Å². The van der Waals surface area contributed by atoms with Crippen molar-refractivity contribution in [1.29, 1.82) is 0 Å². The van der Waals surface area contributed by atoms with Gasteiger partial charge in [-0.2, -0.15) is 0 Å². The predicted molar refractivity (Wildman–Crippen MR) is 70.6 cm³/mol. The summed E-state index contributed by atoms with van der Waals surface area (Å²) in [6.07, 6.45) is 4.63. The highest BCUT2D eigenvalue weighted by Crippen LogP contribution is 2.37. The maximum Gasteiger partial charge on any atom is 0.268 e. The standard InChI is InChI=1S/C13H18N4O2/c1-16-5-4-10(13(16)19)15-12(18)11-6-8(14)7-17(11)9-2-3-9/h6-7,9-10H,2-5,14H2,1H3,(H,15,18). The number of amides is 2. The molecule has 0 radical (unpaired) electrons. The van der Waals surface area contributed by atoms with Crippen LogP contribution in [0.5, 0.6) is 0 Å². The summed E-state index contributed by atoms with van der Waals surface area (Å²) >= 11 is 0. The lowest BCUT2D eigenvalue weighted by molar-refractivity contribution is -0.128. The van der Waals surface area contributed by atoms with Gasteiger partial charge in [-0.25, -0.2) is 0 Å². The molecule has 2 fully saturated rings. The van der Waals surface area contributed by atoms with Crippen molar-refractivity contribution < 1.29 is 9.59 Å². The minimum absolute atomic E-state index is 0.0224. The third kappa shape index (κ3) is 2.18. The molecule has 3 rings (SSSR count). The molecule has 2 heterocycles. The van der Waals surface area contributed by atoms with Crippen LogP contribution in [-0.2, 0) is 4.79 Å². The quantitative estimate of drug-likeness (QED) is 0.825. The third-order valence-corrected chi connectivity index (χ3v) is 3.78. The number of aromatic nitrogens is 1. The number of nitrogens with one attached hydrogen (secondary N) is 1. The minimum Gasteiger partial charge on any atom is -0.397 e.